The minimum atomic E-state index is 0.697. The monoisotopic (exact) mass is 210 g/mol. The molecule has 15 heavy (non-hydrogen) atoms. The first-order chi connectivity index (χ1) is 7.29. The van der Waals surface area contributed by atoms with Crippen molar-refractivity contribution in [3.05, 3.63) is 0 Å². The van der Waals surface area contributed by atoms with Crippen LogP contribution in [-0.4, -0.2) is 36.6 Å². The van der Waals surface area contributed by atoms with Crippen molar-refractivity contribution in [2.75, 3.05) is 19.6 Å². The van der Waals surface area contributed by atoms with Gasteiger partial charge in [-0.25, -0.2) is 0 Å². The van der Waals surface area contributed by atoms with Crippen molar-refractivity contribution >= 4 is 0 Å². The molecule has 0 aromatic rings. The van der Waals surface area contributed by atoms with E-state index in [1.165, 1.54) is 51.7 Å². The van der Waals surface area contributed by atoms with Gasteiger partial charge in [0.2, 0.25) is 0 Å². The average molecular weight is 210 g/mol. The first kappa shape index (κ1) is 11.4. The lowest BCUT2D eigenvalue weighted by atomic mass is 9.83. The van der Waals surface area contributed by atoms with Gasteiger partial charge >= 0.3 is 0 Å². The van der Waals surface area contributed by atoms with Crippen LogP contribution in [0.3, 0.4) is 0 Å². The Morgan fingerprint density at radius 1 is 1.20 bits per heavy atom. The zero-order valence-electron chi connectivity index (χ0n) is 10.3. The van der Waals surface area contributed by atoms with Crippen molar-refractivity contribution < 1.29 is 0 Å². The number of nitrogens with one attached hydrogen (secondary N) is 1. The number of nitrogens with zero attached hydrogens (tertiary/aromatic N) is 1. The molecular formula is C13H26N2. The van der Waals surface area contributed by atoms with Gasteiger partial charge in [-0.1, -0.05) is 13.3 Å². The number of piperazine rings is 1. The maximum atomic E-state index is 3.53. The summed E-state index contributed by atoms with van der Waals surface area (Å²) in [5.74, 6) is 1.03. The normalized spacial score (nSPS) is 39.2. The Hall–Kier alpha value is -0.0800. The summed E-state index contributed by atoms with van der Waals surface area (Å²) in [7, 11) is 0. The lowest BCUT2D eigenvalue weighted by molar-refractivity contribution is 0.105. The summed E-state index contributed by atoms with van der Waals surface area (Å²) >= 11 is 0. The Balaban J connectivity index is 1.79. The molecule has 0 aromatic carbocycles. The molecule has 1 aliphatic heterocycles. The largest absolute Gasteiger partial charge is 0.312 e. The molecule has 1 heterocycles. The van der Waals surface area contributed by atoms with Crippen LogP contribution in [-0.2, 0) is 0 Å². The minimum absolute atomic E-state index is 0.697. The van der Waals surface area contributed by atoms with Crippen LogP contribution in [0.1, 0.15) is 46.0 Å². The molecule has 2 aliphatic rings. The van der Waals surface area contributed by atoms with Crippen molar-refractivity contribution in [2.24, 2.45) is 5.92 Å². The van der Waals surface area contributed by atoms with E-state index in [4.69, 9.17) is 0 Å². The van der Waals surface area contributed by atoms with E-state index in [9.17, 15) is 0 Å². The van der Waals surface area contributed by atoms with Gasteiger partial charge in [0.15, 0.2) is 0 Å². The Morgan fingerprint density at radius 2 is 1.93 bits per heavy atom. The highest BCUT2D eigenvalue weighted by molar-refractivity contribution is 4.84. The van der Waals surface area contributed by atoms with E-state index in [-0.39, 0.29) is 0 Å². The predicted molar refractivity (Wildman–Crippen MR) is 65.1 cm³/mol. The first-order valence-electron chi connectivity index (χ1n) is 6.77. The number of hydrogen-bond donors (Lipinski definition) is 1. The highest BCUT2D eigenvalue weighted by Gasteiger charge is 2.27. The van der Waals surface area contributed by atoms with Gasteiger partial charge < -0.3 is 5.32 Å². The highest BCUT2D eigenvalue weighted by Crippen LogP contribution is 2.29. The molecule has 1 atom stereocenters. The summed E-state index contributed by atoms with van der Waals surface area (Å²) in [5.41, 5.74) is 0. The van der Waals surface area contributed by atoms with Gasteiger partial charge in [0, 0.05) is 31.7 Å². The molecule has 2 fully saturated rings. The van der Waals surface area contributed by atoms with Gasteiger partial charge in [-0.2, -0.15) is 0 Å². The molecule has 1 saturated heterocycles. The molecule has 2 rings (SSSR count). The van der Waals surface area contributed by atoms with Crippen LogP contribution in [0.2, 0.25) is 0 Å². The van der Waals surface area contributed by atoms with E-state index < -0.39 is 0 Å². The van der Waals surface area contributed by atoms with Crippen molar-refractivity contribution in [1.29, 1.82) is 0 Å². The Kier molecular flexibility index (Phi) is 4.04. The quantitative estimate of drug-likeness (QED) is 0.752. The molecule has 1 aliphatic carbocycles. The van der Waals surface area contributed by atoms with E-state index in [0.29, 0.717) is 6.04 Å². The lowest BCUT2D eigenvalue weighted by Crippen LogP contribution is -2.53. The third-order valence-electron chi connectivity index (χ3n) is 4.31. The second-order valence-electron chi connectivity index (χ2n) is 5.43. The standard InChI is InChI=1S/C13H26N2/c1-3-12-4-6-13(7-5-12)15-9-8-14-11(2)10-15/h11-14H,3-10H2,1-2H3/t11-,12?,13?/m0/s1. The van der Waals surface area contributed by atoms with Gasteiger partial charge in [-0.15, -0.1) is 0 Å². The SMILES string of the molecule is CCC1CCC(N2CCN[C@@H](C)C2)CC1. The molecule has 88 valence electrons. The topological polar surface area (TPSA) is 15.3 Å². The van der Waals surface area contributed by atoms with E-state index >= 15 is 0 Å². The van der Waals surface area contributed by atoms with Crippen LogP contribution in [0.4, 0.5) is 0 Å². The molecule has 0 aromatic heterocycles. The fourth-order valence-corrected chi connectivity index (χ4v) is 3.21. The summed E-state index contributed by atoms with van der Waals surface area (Å²) in [6.07, 6.45) is 7.24. The second kappa shape index (κ2) is 5.31. The van der Waals surface area contributed by atoms with Gasteiger partial charge in [0.1, 0.15) is 0 Å². The molecule has 0 bridgehead atoms. The molecular weight excluding hydrogens is 184 g/mol. The summed E-state index contributed by atoms with van der Waals surface area (Å²) in [6.45, 7) is 8.38. The zero-order chi connectivity index (χ0) is 10.7. The molecule has 2 nitrogen and oxygen atoms in total. The highest BCUT2D eigenvalue weighted by atomic mass is 15.2. The van der Waals surface area contributed by atoms with Crippen LogP contribution in [0.5, 0.6) is 0 Å². The van der Waals surface area contributed by atoms with Crippen molar-refractivity contribution in [3.63, 3.8) is 0 Å². The van der Waals surface area contributed by atoms with Crippen LogP contribution >= 0.6 is 0 Å². The minimum Gasteiger partial charge on any atom is -0.312 e. The molecule has 0 radical (unpaired) electrons. The Bertz CT molecular complexity index is 185. The number of rotatable bonds is 2. The van der Waals surface area contributed by atoms with Crippen molar-refractivity contribution in [3.8, 4) is 0 Å². The Labute approximate surface area is 94.4 Å². The molecule has 0 unspecified atom stereocenters. The van der Waals surface area contributed by atoms with E-state index in [0.717, 1.165) is 12.0 Å². The summed E-state index contributed by atoms with van der Waals surface area (Å²) in [4.78, 5) is 2.73. The molecule has 1 saturated carbocycles. The first-order valence-corrected chi connectivity index (χ1v) is 6.77. The molecule has 2 heteroatoms. The van der Waals surface area contributed by atoms with Crippen LogP contribution in [0.25, 0.3) is 0 Å². The third kappa shape index (κ3) is 2.94. The maximum absolute atomic E-state index is 3.53. The van der Waals surface area contributed by atoms with Gasteiger partial charge in [0.25, 0.3) is 0 Å². The van der Waals surface area contributed by atoms with E-state index in [1.54, 1.807) is 0 Å². The Morgan fingerprint density at radius 3 is 2.53 bits per heavy atom. The molecule has 1 N–H and O–H groups in total. The third-order valence-corrected chi connectivity index (χ3v) is 4.31. The second-order valence-corrected chi connectivity index (χ2v) is 5.43. The van der Waals surface area contributed by atoms with Crippen LogP contribution in [0, 0.1) is 5.92 Å². The smallest absolute Gasteiger partial charge is 0.0167 e. The fourth-order valence-electron chi connectivity index (χ4n) is 3.21. The lowest BCUT2D eigenvalue weighted by Gasteiger charge is -2.41. The zero-order valence-corrected chi connectivity index (χ0v) is 10.3. The molecule has 0 amide bonds. The maximum Gasteiger partial charge on any atom is 0.0167 e. The van der Waals surface area contributed by atoms with Gasteiger partial charge in [0.05, 0.1) is 0 Å². The number of hydrogen-bond acceptors (Lipinski definition) is 2. The average Bonchev–Trinajstić information content (AvgIpc) is 2.29. The van der Waals surface area contributed by atoms with E-state index in [1.807, 2.05) is 0 Å². The van der Waals surface area contributed by atoms with Crippen molar-refractivity contribution in [2.45, 2.75) is 58.0 Å². The summed E-state index contributed by atoms with van der Waals surface area (Å²) < 4.78 is 0. The van der Waals surface area contributed by atoms with Crippen molar-refractivity contribution in [1.82, 2.24) is 10.2 Å². The van der Waals surface area contributed by atoms with E-state index in [2.05, 4.69) is 24.1 Å². The fraction of sp³-hybridized carbons (Fsp3) is 1.00. The van der Waals surface area contributed by atoms with Crippen LogP contribution in [0.15, 0.2) is 0 Å². The van der Waals surface area contributed by atoms with Gasteiger partial charge in [-0.05, 0) is 38.5 Å². The summed E-state index contributed by atoms with van der Waals surface area (Å²) in [6, 6.07) is 1.60. The predicted octanol–water partition coefficient (Wildman–Crippen LogP) is 2.25. The van der Waals surface area contributed by atoms with Crippen LogP contribution < -0.4 is 5.32 Å². The molecule has 0 spiro atoms. The summed E-state index contributed by atoms with van der Waals surface area (Å²) in [5, 5.41) is 3.53. The van der Waals surface area contributed by atoms with Gasteiger partial charge in [-0.3, -0.25) is 4.90 Å².